The summed E-state index contributed by atoms with van der Waals surface area (Å²) < 4.78 is 10.3. The highest BCUT2D eigenvalue weighted by Gasteiger charge is 2.16. The molecule has 0 spiro atoms. The molecule has 23 heavy (non-hydrogen) atoms. The average Bonchev–Trinajstić information content (AvgIpc) is 2.51. The minimum absolute atomic E-state index is 0.0577. The van der Waals surface area contributed by atoms with Gasteiger partial charge in [-0.2, -0.15) is 0 Å². The highest BCUT2D eigenvalue weighted by Crippen LogP contribution is 2.08. The zero-order chi connectivity index (χ0) is 17.1. The van der Waals surface area contributed by atoms with Gasteiger partial charge in [-0.05, 0) is 31.4 Å². The molecule has 6 nitrogen and oxygen atoms in total. The zero-order valence-corrected chi connectivity index (χ0v) is 14.0. The lowest BCUT2D eigenvalue weighted by molar-refractivity contribution is -0.123. The first-order chi connectivity index (χ1) is 11.0. The van der Waals surface area contributed by atoms with Gasteiger partial charge in [-0.1, -0.05) is 32.0 Å². The van der Waals surface area contributed by atoms with Gasteiger partial charge in [-0.3, -0.25) is 4.79 Å². The number of nitrogens with one attached hydrogen (secondary N) is 2. The predicted octanol–water partition coefficient (Wildman–Crippen LogP) is 2.34. The monoisotopic (exact) mass is 322 g/mol. The molecule has 0 unspecified atom stereocenters. The van der Waals surface area contributed by atoms with Crippen LogP contribution in [-0.4, -0.2) is 37.8 Å². The molecule has 128 valence electrons. The lowest BCUT2D eigenvalue weighted by Gasteiger charge is -2.20. The molecule has 0 aliphatic carbocycles. The van der Waals surface area contributed by atoms with Crippen LogP contribution in [0.15, 0.2) is 30.3 Å². The maximum Gasteiger partial charge on any atom is 0.407 e. The average molecular weight is 322 g/mol. The minimum atomic E-state index is -0.465. The molecule has 0 aliphatic heterocycles. The Bertz CT molecular complexity index is 477. The Balaban J connectivity index is 2.37. The Morgan fingerprint density at radius 3 is 2.48 bits per heavy atom. The van der Waals surface area contributed by atoms with Crippen molar-refractivity contribution in [1.82, 2.24) is 10.6 Å². The lowest BCUT2D eigenvalue weighted by Crippen LogP contribution is -2.45. The summed E-state index contributed by atoms with van der Waals surface area (Å²) >= 11 is 0. The van der Waals surface area contributed by atoms with Crippen LogP contribution in [0.1, 0.15) is 27.2 Å². The third-order valence-corrected chi connectivity index (χ3v) is 3.01. The number of carbonyl (C=O) groups is 2. The van der Waals surface area contributed by atoms with E-state index in [9.17, 15) is 9.59 Å². The van der Waals surface area contributed by atoms with E-state index in [1.807, 2.05) is 18.2 Å². The summed E-state index contributed by atoms with van der Waals surface area (Å²) in [5.74, 6) is 0.804. The highest BCUT2D eigenvalue weighted by atomic mass is 16.5. The summed E-state index contributed by atoms with van der Waals surface area (Å²) in [4.78, 5) is 23.4. The molecule has 0 saturated heterocycles. The zero-order valence-electron chi connectivity index (χ0n) is 14.0. The number of para-hydroxylation sites is 1. The van der Waals surface area contributed by atoms with E-state index in [-0.39, 0.29) is 18.6 Å². The van der Waals surface area contributed by atoms with Gasteiger partial charge in [0.25, 0.3) is 5.91 Å². The normalized spacial score (nSPS) is 11.7. The van der Waals surface area contributed by atoms with Crippen LogP contribution in [0.5, 0.6) is 5.75 Å². The maximum atomic E-state index is 11.8. The fourth-order valence-electron chi connectivity index (χ4n) is 2.06. The summed E-state index contributed by atoms with van der Waals surface area (Å²) in [6.45, 7) is 6.46. The Labute approximate surface area is 137 Å². The fraction of sp³-hybridized carbons (Fsp3) is 0.529. The SMILES string of the molecule is CCOC(=O)N[C@@H](CNC(=O)COc1ccccc1)CC(C)C. The first kappa shape index (κ1) is 18.8. The molecular weight excluding hydrogens is 296 g/mol. The maximum absolute atomic E-state index is 11.8. The Kier molecular flexibility index (Phi) is 8.57. The van der Waals surface area contributed by atoms with Gasteiger partial charge in [-0.15, -0.1) is 0 Å². The Morgan fingerprint density at radius 1 is 1.17 bits per heavy atom. The third kappa shape index (κ3) is 8.70. The number of hydrogen-bond acceptors (Lipinski definition) is 4. The smallest absolute Gasteiger partial charge is 0.407 e. The number of benzene rings is 1. The van der Waals surface area contributed by atoms with E-state index in [0.29, 0.717) is 24.8 Å². The van der Waals surface area contributed by atoms with Gasteiger partial charge < -0.3 is 20.1 Å². The second-order valence-electron chi connectivity index (χ2n) is 5.60. The van der Waals surface area contributed by atoms with Crippen LogP contribution in [0.2, 0.25) is 0 Å². The molecule has 1 aromatic carbocycles. The van der Waals surface area contributed by atoms with Crippen molar-refractivity contribution < 1.29 is 19.1 Å². The highest BCUT2D eigenvalue weighted by molar-refractivity contribution is 5.77. The number of ether oxygens (including phenoxy) is 2. The van der Waals surface area contributed by atoms with E-state index in [4.69, 9.17) is 9.47 Å². The molecule has 2 amide bonds. The summed E-state index contributed by atoms with van der Waals surface area (Å²) in [6, 6.07) is 8.97. The first-order valence-electron chi connectivity index (χ1n) is 7.89. The number of rotatable bonds is 9. The quantitative estimate of drug-likeness (QED) is 0.731. The van der Waals surface area contributed by atoms with Crippen LogP contribution < -0.4 is 15.4 Å². The van der Waals surface area contributed by atoms with Crippen LogP contribution in [0, 0.1) is 5.92 Å². The van der Waals surface area contributed by atoms with E-state index >= 15 is 0 Å². The topological polar surface area (TPSA) is 76.7 Å². The minimum Gasteiger partial charge on any atom is -0.484 e. The predicted molar refractivity (Wildman–Crippen MR) is 88.3 cm³/mol. The molecule has 0 fully saturated rings. The van der Waals surface area contributed by atoms with Crippen molar-refractivity contribution in [3.05, 3.63) is 30.3 Å². The Hall–Kier alpha value is -2.24. The molecule has 0 heterocycles. The fourth-order valence-corrected chi connectivity index (χ4v) is 2.06. The third-order valence-electron chi connectivity index (χ3n) is 3.01. The molecule has 1 atom stereocenters. The molecule has 1 rings (SSSR count). The van der Waals surface area contributed by atoms with Gasteiger partial charge in [0.2, 0.25) is 0 Å². The molecule has 6 heteroatoms. The Morgan fingerprint density at radius 2 is 1.87 bits per heavy atom. The lowest BCUT2D eigenvalue weighted by atomic mass is 10.0. The van der Waals surface area contributed by atoms with Crippen LogP contribution in [-0.2, 0) is 9.53 Å². The first-order valence-corrected chi connectivity index (χ1v) is 7.89. The van der Waals surface area contributed by atoms with E-state index in [0.717, 1.165) is 6.42 Å². The summed E-state index contributed by atoms with van der Waals surface area (Å²) in [5, 5.41) is 5.53. The van der Waals surface area contributed by atoms with E-state index < -0.39 is 6.09 Å². The van der Waals surface area contributed by atoms with Crippen molar-refractivity contribution in [3.63, 3.8) is 0 Å². The molecule has 1 aromatic rings. The number of amides is 2. The van der Waals surface area contributed by atoms with E-state index in [1.54, 1.807) is 19.1 Å². The van der Waals surface area contributed by atoms with Gasteiger partial charge in [0.05, 0.1) is 6.61 Å². The van der Waals surface area contributed by atoms with Crippen LogP contribution in [0.4, 0.5) is 4.79 Å². The van der Waals surface area contributed by atoms with Crippen molar-refractivity contribution in [2.45, 2.75) is 33.2 Å². The molecular formula is C17H26N2O4. The van der Waals surface area contributed by atoms with Gasteiger partial charge >= 0.3 is 6.09 Å². The van der Waals surface area contributed by atoms with Crippen LogP contribution >= 0.6 is 0 Å². The van der Waals surface area contributed by atoms with Gasteiger partial charge in [0.15, 0.2) is 6.61 Å². The van der Waals surface area contributed by atoms with Crippen molar-refractivity contribution >= 4 is 12.0 Å². The summed E-state index contributed by atoms with van der Waals surface area (Å²) in [6.07, 6.45) is 0.284. The number of alkyl carbamates (subject to hydrolysis) is 1. The molecule has 2 N–H and O–H groups in total. The standard InChI is InChI=1S/C17H26N2O4/c1-4-22-17(21)19-14(10-13(2)3)11-18-16(20)12-23-15-8-6-5-7-9-15/h5-9,13-14H,4,10-12H2,1-3H3,(H,18,20)(H,19,21)/t14-/m1/s1. The second kappa shape index (κ2) is 10.5. The molecule has 0 aromatic heterocycles. The molecule has 0 bridgehead atoms. The van der Waals surface area contributed by atoms with Crippen LogP contribution in [0.3, 0.4) is 0 Å². The largest absolute Gasteiger partial charge is 0.484 e. The van der Waals surface area contributed by atoms with Crippen molar-refractivity contribution in [1.29, 1.82) is 0 Å². The molecule has 0 radical (unpaired) electrons. The van der Waals surface area contributed by atoms with Gasteiger partial charge in [0, 0.05) is 12.6 Å². The van der Waals surface area contributed by atoms with Crippen LogP contribution in [0.25, 0.3) is 0 Å². The van der Waals surface area contributed by atoms with Crippen molar-refractivity contribution in [2.75, 3.05) is 19.8 Å². The van der Waals surface area contributed by atoms with Crippen molar-refractivity contribution in [2.24, 2.45) is 5.92 Å². The number of carbonyl (C=O) groups excluding carboxylic acids is 2. The molecule has 0 saturated carbocycles. The summed E-state index contributed by atoms with van der Waals surface area (Å²) in [7, 11) is 0. The molecule has 0 aliphatic rings. The second-order valence-corrected chi connectivity index (χ2v) is 5.60. The number of hydrogen-bond donors (Lipinski definition) is 2. The van der Waals surface area contributed by atoms with Gasteiger partial charge in [0.1, 0.15) is 5.75 Å². The van der Waals surface area contributed by atoms with E-state index in [1.165, 1.54) is 0 Å². The van der Waals surface area contributed by atoms with E-state index in [2.05, 4.69) is 24.5 Å². The van der Waals surface area contributed by atoms with Gasteiger partial charge in [-0.25, -0.2) is 4.79 Å². The summed E-state index contributed by atoms with van der Waals surface area (Å²) in [5.41, 5.74) is 0. The van der Waals surface area contributed by atoms with Crippen molar-refractivity contribution in [3.8, 4) is 5.75 Å².